The van der Waals surface area contributed by atoms with E-state index < -0.39 is 0 Å². The molecular formula is C20H30N2O3. The topological polar surface area (TPSA) is 50.8 Å². The van der Waals surface area contributed by atoms with E-state index in [-0.39, 0.29) is 24.1 Å². The zero-order chi connectivity index (χ0) is 17.6. The number of rotatable bonds is 6. The zero-order valence-corrected chi connectivity index (χ0v) is 15.3. The molecule has 1 unspecified atom stereocenters. The van der Waals surface area contributed by atoms with Crippen molar-refractivity contribution in [2.75, 3.05) is 33.4 Å². The van der Waals surface area contributed by atoms with Gasteiger partial charge in [-0.05, 0) is 50.8 Å². The van der Waals surface area contributed by atoms with Crippen LogP contribution in [0.1, 0.15) is 25.3 Å². The first-order chi connectivity index (χ1) is 12.2. The van der Waals surface area contributed by atoms with Crippen LogP contribution in [-0.4, -0.2) is 62.4 Å². The van der Waals surface area contributed by atoms with Gasteiger partial charge in [0, 0.05) is 7.11 Å². The van der Waals surface area contributed by atoms with Gasteiger partial charge in [-0.15, -0.1) is 0 Å². The molecule has 2 aliphatic rings. The minimum absolute atomic E-state index is 0.0319. The maximum absolute atomic E-state index is 12.6. The van der Waals surface area contributed by atoms with E-state index in [1.165, 1.54) is 5.56 Å². The number of nitrogens with zero attached hydrogens (tertiary/aromatic N) is 1. The molecule has 0 bridgehead atoms. The van der Waals surface area contributed by atoms with E-state index >= 15 is 0 Å². The van der Waals surface area contributed by atoms with E-state index in [1.807, 2.05) is 6.92 Å². The van der Waals surface area contributed by atoms with Gasteiger partial charge in [0.15, 0.2) is 0 Å². The Morgan fingerprint density at radius 3 is 2.68 bits per heavy atom. The highest BCUT2D eigenvalue weighted by molar-refractivity contribution is 5.81. The third kappa shape index (κ3) is 4.81. The van der Waals surface area contributed by atoms with Crippen LogP contribution in [0, 0.1) is 5.92 Å². The first-order valence-corrected chi connectivity index (χ1v) is 9.36. The van der Waals surface area contributed by atoms with E-state index in [1.54, 1.807) is 7.11 Å². The number of hydrogen-bond donors (Lipinski definition) is 1. The number of piperidine rings is 1. The largest absolute Gasteiger partial charge is 0.377 e. The fraction of sp³-hybridized carbons (Fsp3) is 0.650. The molecular weight excluding hydrogens is 316 g/mol. The van der Waals surface area contributed by atoms with Gasteiger partial charge < -0.3 is 14.8 Å². The Kier molecular flexibility index (Phi) is 6.45. The standard InChI is InChI=1S/C20H30N2O3/c1-15(20(23)21-18-13-25-14-19(18)24-2)22-10-8-17(9-11-22)12-16-6-4-3-5-7-16/h3-7,15,17-19H,8-14H2,1-2H3,(H,21,23)/t15?,18-,19+/m0/s1. The van der Waals surface area contributed by atoms with E-state index in [0.29, 0.717) is 13.2 Å². The summed E-state index contributed by atoms with van der Waals surface area (Å²) >= 11 is 0. The van der Waals surface area contributed by atoms with Gasteiger partial charge in [0.2, 0.25) is 5.91 Å². The van der Waals surface area contributed by atoms with Gasteiger partial charge in [-0.3, -0.25) is 9.69 Å². The average molecular weight is 346 g/mol. The van der Waals surface area contributed by atoms with Crippen molar-refractivity contribution in [2.45, 2.75) is 44.4 Å². The molecule has 0 spiro atoms. The van der Waals surface area contributed by atoms with Crippen molar-refractivity contribution in [3.8, 4) is 0 Å². The smallest absolute Gasteiger partial charge is 0.237 e. The molecule has 138 valence electrons. The van der Waals surface area contributed by atoms with Crippen LogP contribution in [0.25, 0.3) is 0 Å². The second-order valence-corrected chi connectivity index (χ2v) is 7.27. The van der Waals surface area contributed by atoms with Crippen LogP contribution in [0.3, 0.4) is 0 Å². The van der Waals surface area contributed by atoms with Gasteiger partial charge in [0.05, 0.1) is 25.3 Å². The summed E-state index contributed by atoms with van der Waals surface area (Å²) in [4.78, 5) is 14.9. The van der Waals surface area contributed by atoms with Crippen molar-refractivity contribution >= 4 is 5.91 Å². The highest BCUT2D eigenvalue weighted by atomic mass is 16.5. The molecule has 1 aromatic rings. The fourth-order valence-electron chi connectivity index (χ4n) is 3.86. The van der Waals surface area contributed by atoms with E-state index in [2.05, 4.69) is 40.5 Å². The molecule has 2 aliphatic heterocycles. The van der Waals surface area contributed by atoms with Crippen molar-refractivity contribution in [3.63, 3.8) is 0 Å². The number of benzene rings is 1. The van der Waals surface area contributed by atoms with Crippen LogP contribution in [0.4, 0.5) is 0 Å². The SMILES string of the molecule is CO[C@@H]1COC[C@@H]1NC(=O)C(C)N1CCC(Cc2ccccc2)CC1. The Balaban J connectivity index is 1.44. The Labute approximate surface area is 150 Å². The van der Waals surface area contributed by atoms with Gasteiger partial charge in [0.25, 0.3) is 0 Å². The number of carbonyl (C=O) groups is 1. The molecule has 3 atom stereocenters. The summed E-state index contributed by atoms with van der Waals surface area (Å²) in [7, 11) is 1.67. The Morgan fingerprint density at radius 2 is 2.00 bits per heavy atom. The average Bonchev–Trinajstić information content (AvgIpc) is 3.09. The number of carbonyl (C=O) groups excluding carboxylic acids is 1. The molecule has 2 fully saturated rings. The van der Waals surface area contributed by atoms with E-state index in [9.17, 15) is 4.79 Å². The minimum Gasteiger partial charge on any atom is -0.377 e. The second kappa shape index (κ2) is 8.79. The van der Waals surface area contributed by atoms with Gasteiger partial charge in [-0.25, -0.2) is 0 Å². The first kappa shape index (κ1) is 18.4. The van der Waals surface area contributed by atoms with E-state index in [0.717, 1.165) is 38.3 Å². The number of amides is 1. The molecule has 0 radical (unpaired) electrons. The summed E-state index contributed by atoms with van der Waals surface area (Å²) in [6.07, 6.45) is 3.41. The van der Waals surface area contributed by atoms with Crippen LogP contribution < -0.4 is 5.32 Å². The van der Waals surface area contributed by atoms with Gasteiger partial charge in [-0.1, -0.05) is 30.3 Å². The van der Waals surface area contributed by atoms with Crippen LogP contribution in [-0.2, 0) is 20.7 Å². The van der Waals surface area contributed by atoms with Crippen LogP contribution >= 0.6 is 0 Å². The van der Waals surface area contributed by atoms with Crippen molar-refractivity contribution < 1.29 is 14.3 Å². The Hall–Kier alpha value is -1.43. The number of nitrogens with one attached hydrogen (secondary N) is 1. The van der Waals surface area contributed by atoms with Crippen molar-refractivity contribution in [1.82, 2.24) is 10.2 Å². The molecule has 5 nitrogen and oxygen atoms in total. The Morgan fingerprint density at radius 1 is 1.28 bits per heavy atom. The molecule has 0 saturated carbocycles. The molecule has 1 N–H and O–H groups in total. The summed E-state index contributed by atoms with van der Waals surface area (Å²) in [6, 6.07) is 10.6. The third-order valence-electron chi connectivity index (χ3n) is 5.60. The predicted octanol–water partition coefficient (Wildman–Crippen LogP) is 1.86. The lowest BCUT2D eigenvalue weighted by Gasteiger charge is -2.36. The zero-order valence-electron chi connectivity index (χ0n) is 15.3. The summed E-state index contributed by atoms with van der Waals surface area (Å²) in [6.45, 7) is 5.07. The predicted molar refractivity (Wildman–Crippen MR) is 97.5 cm³/mol. The molecule has 1 aromatic carbocycles. The molecule has 0 aromatic heterocycles. The van der Waals surface area contributed by atoms with Crippen molar-refractivity contribution in [3.05, 3.63) is 35.9 Å². The summed E-state index contributed by atoms with van der Waals surface area (Å²) in [5.41, 5.74) is 1.42. The summed E-state index contributed by atoms with van der Waals surface area (Å²) < 4.78 is 10.8. The molecule has 3 rings (SSSR count). The molecule has 1 amide bonds. The van der Waals surface area contributed by atoms with Crippen LogP contribution in [0.15, 0.2) is 30.3 Å². The van der Waals surface area contributed by atoms with Crippen LogP contribution in [0.5, 0.6) is 0 Å². The van der Waals surface area contributed by atoms with Crippen molar-refractivity contribution in [2.24, 2.45) is 5.92 Å². The molecule has 2 heterocycles. The minimum atomic E-state index is -0.101. The number of likely N-dealkylation sites (tertiary alicyclic amines) is 1. The fourth-order valence-corrected chi connectivity index (χ4v) is 3.86. The maximum Gasteiger partial charge on any atom is 0.237 e. The Bertz CT molecular complexity index is 543. The number of hydrogen-bond acceptors (Lipinski definition) is 4. The lowest BCUT2D eigenvalue weighted by atomic mass is 9.89. The normalized spacial score (nSPS) is 26.5. The lowest BCUT2D eigenvalue weighted by Crippen LogP contribution is -2.53. The highest BCUT2D eigenvalue weighted by Gasteiger charge is 2.33. The summed E-state index contributed by atoms with van der Waals surface area (Å²) in [5.74, 6) is 0.800. The maximum atomic E-state index is 12.6. The first-order valence-electron chi connectivity index (χ1n) is 9.36. The monoisotopic (exact) mass is 346 g/mol. The molecule has 25 heavy (non-hydrogen) atoms. The molecule has 5 heteroatoms. The van der Waals surface area contributed by atoms with Crippen molar-refractivity contribution in [1.29, 1.82) is 0 Å². The summed E-state index contributed by atoms with van der Waals surface area (Å²) in [5, 5.41) is 3.10. The molecule has 2 saturated heterocycles. The number of methoxy groups -OCH3 is 1. The molecule has 0 aliphatic carbocycles. The highest BCUT2D eigenvalue weighted by Crippen LogP contribution is 2.23. The van der Waals surface area contributed by atoms with E-state index in [4.69, 9.17) is 9.47 Å². The third-order valence-corrected chi connectivity index (χ3v) is 5.60. The van der Waals surface area contributed by atoms with Gasteiger partial charge in [-0.2, -0.15) is 0 Å². The number of ether oxygens (including phenoxy) is 2. The van der Waals surface area contributed by atoms with Gasteiger partial charge >= 0.3 is 0 Å². The quantitative estimate of drug-likeness (QED) is 0.854. The second-order valence-electron chi connectivity index (χ2n) is 7.27. The van der Waals surface area contributed by atoms with Gasteiger partial charge in [0.1, 0.15) is 6.10 Å². The lowest BCUT2D eigenvalue weighted by molar-refractivity contribution is -0.127. The van der Waals surface area contributed by atoms with Crippen LogP contribution in [0.2, 0.25) is 0 Å².